The lowest BCUT2D eigenvalue weighted by Gasteiger charge is -2.29. The van der Waals surface area contributed by atoms with Gasteiger partial charge in [0, 0.05) is 34.1 Å². The highest BCUT2D eigenvalue weighted by Crippen LogP contribution is 2.46. The van der Waals surface area contributed by atoms with Gasteiger partial charge in [0.25, 0.3) is 0 Å². The van der Waals surface area contributed by atoms with Crippen molar-refractivity contribution in [3.8, 4) is 38.7 Å². The van der Waals surface area contributed by atoms with E-state index in [1.807, 2.05) is 88.1 Å². The Kier molecular flexibility index (Phi) is 7.78. The molecule has 3 aromatic carbocycles. The molecule has 0 bridgehead atoms. The van der Waals surface area contributed by atoms with Crippen LogP contribution in [-0.2, 0) is 16.6 Å². The van der Waals surface area contributed by atoms with Crippen molar-refractivity contribution in [1.82, 2.24) is 19.7 Å². The maximum absolute atomic E-state index is 13.1. The van der Waals surface area contributed by atoms with Crippen molar-refractivity contribution in [2.45, 2.75) is 46.3 Å². The number of thiazole rings is 1. The molecule has 0 unspecified atom stereocenters. The fraction of sp³-hybridized carbons (Fsp3) is 0.257. The van der Waals surface area contributed by atoms with Crippen LogP contribution in [0.15, 0.2) is 67.0 Å². The average molecular weight is 625 g/mol. The Morgan fingerprint density at radius 2 is 1.75 bits per heavy atom. The third-order valence-corrected chi connectivity index (χ3v) is 8.90. The molecule has 0 saturated carbocycles. The van der Waals surface area contributed by atoms with Gasteiger partial charge < -0.3 is 9.47 Å². The first kappa shape index (κ1) is 29.9. The molecule has 0 amide bonds. The van der Waals surface area contributed by atoms with Crippen molar-refractivity contribution in [1.29, 1.82) is 0 Å². The first-order chi connectivity index (χ1) is 20.9. The molecule has 0 aliphatic rings. The lowest BCUT2D eigenvalue weighted by atomic mass is 9.90. The summed E-state index contributed by atoms with van der Waals surface area (Å²) in [6.45, 7) is 9.47. The Morgan fingerprint density at radius 1 is 1.02 bits per heavy atom. The van der Waals surface area contributed by atoms with E-state index in [-0.39, 0.29) is 5.78 Å². The van der Waals surface area contributed by atoms with Crippen molar-refractivity contribution < 1.29 is 14.3 Å². The Labute approximate surface area is 265 Å². The number of ketones is 1. The molecule has 0 aliphatic heterocycles. The molecule has 1 atom stereocenters. The van der Waals surface area contributed by atoms with Crippen molar-refractivity contribution in [2.75, 3.05) is 7.11 Å². The fourth-order valence-corrected chi connectivity index (χ4v) is 6.79. The van der Waals surface area contributed by atoms with Crippen molar-refractivity contribution in [3.05, 3.63) is 83.1 Å². The molecule has 0 aliphatic carbocycles. The number of Topliss-reactive ketones (excluding diaryl/α,β-unsaturated/α-hetero) is 1. The number of methoxy groups -OCH3 is 1. The first-order valence-corrected chi connectivity index (χ1v) is 15.5. The number of halogens is 1. The number of pyridine rings is 1. The summed E-state index contributed by atoms with van der Waals surface area (Å²) in [5.41, 5.74) is 7.56. The summed E-state index contributed by atoms with van der Waals surface area (Å²) >= 11 is 7.85. The quantitative estimate of drug-likeness (QED) is 0.176. The van der Waals surface area contributed by atoms with Crippen LogP contribution < -0.4 is 4.74 Å². The predicted molar refractivity (Wildman–Crippen MR) is 179 cm³/mol. The normalized spacial score (nSPS) is 12.6. The molecule has 6 aromatic rings. The van der Waals surface area contributed by atoms with Crippen molar-refractivity contribution >= 4 is 49.8 Å². The zero-order valence-corrected chi connectivity index (χ0v) is 27.3. The van der Waals surface area contributed by atoms with Crippen LogP contribution in [0, 0.1) is 6.92 Å². The Morgan fingerprint density at radius 3 is 2.43 bits per heavy atom. The Balaban J connectivity index is 1.57. The number of ether oxygens (including phenoxy) is 2. The minimum absolute atomic E-state index is 0.0617. The van der Waals surface area contributed by atoms with Gasteiger partial charge in [0.1, 0.15) is 16.9 Å². The molecule has 0 saturated heterocycles. The first-order valence-electron chi connectivity index (χ1n) is 14.3. The van der Waals surface area contributed by atoms with Gasteiger partial charge in [-0.15, -0.1) is 11.3 Å². The van der Waals surface area contributed by atoms with Crippen LogP contribution in [0.3, 0.4) is 0 Å². The summed E-state index contributed by atoms with van der Waals surface area (Å²) in [5, 5.41) is 6.83. The molecule has 0 N–H and O–H groups in total. The number of carbonyl (C=O) groups excluding carboxylic acids is 1. The van der Waals surface area contributed by atoms with E-state index in [1.165, 1.54) is 0 Å². The van der Waals surface area contributed by atoms with E-state index in [4.69, 9.17) is 31.0 Å². The van der Waals surface area contributed by atoms with Crippen LogP contribution >= 0.6 is 22.9 Å². The van der Waals surface area contributed by atoms with Crippen molar-refractivity contribution in [3.63, 3.8) is 0 Å². The standard InChI is InChI=1S/C35H33ClN4O3S/c1-19-14-27-33(31(21-8-11-24(36)12-9-21)30(19)32(20(2)41)43-35(3,4)5)44-34(39-27)25-16-26(37-18-29(25)42-7)22-10-13-28-23(15-22)17-38-40(28)6/h8-18,32H,1-7H3/t32-/m1/s1. The molecule has 0 spiro atoms. The van der Waals surface area contributed by atoms with Gasteiger partial charge in [-0.05, 0) is 82.1 Å². The topological polar surface area (TPSA) is 79.1 Å². The van der Waals surface area contributed by atoms with Crippen molar-refractivity contribution in [2.24, 2.45) is 7.05 Å². The lowest BCUT2D eigenvalue weighted by molar-refractivity contribution is -0.138. The molecule has 6 rings (SSSR count). The van der Waals surface area contributed by atoms with E-state index >= 15 is 0 Å². The second-order valence-corrected chi connectivity index (χ2v) is 13.3. The van der Waals surface area contributed by atoms with Crippen LogP contribution in [0.5, 0.6) is 5.75 Å². The SMILES string of the molecule is COc1cnc(-c2ccc3c(cnn3C)c2)cc1-c1nc2cc(C)c([C@H](OC(C)(C)C)C(C)=O)c(-c3ccc(Cl)cc3)c2s1. The summed E-state index contributed by atoms with van der Waals surface area (Å²) in [6.07, 6.45) is 2.84. The molecule has 44 heavy (non-hydrogen) atoms. The number of rotatable bonds is 7. The fourth-order valence-electron chi connectivity index (χ4n) is 5.52. The zero-order chi connectivity index (χ0) is 31.3. The van der Waals surface area contributed by atoms with E-state index in [0.29, 0.717) is 10.8 Å². The molecule has 9 heteroatoms. The number of hydrogen-bond acceptors (Lipinski definition) is 7. The minimum Gasteiger partial charge on any atom is -0.494 e. The molecule has 0 radical (unpaired) electrons. The number of aromatic nitrogens is 4. The number of benzene rings is 3. The number of hydrogen-bond donors (Lipinski definition) is 0. The van der Waals surface area contributed by atoms with Crippen LogP contribution in [-0.4, -0.2) is 38.2 Å². The Hall–Kier alpha value is -4.11. The van der Waals surface area contributed by atoms with Gasteiger partial charge in [0.15, 0.2) is 5.78 Å². The number of carbonyl (C=O) groups is 1. The van der Waals surface area contributed by atoms with E-state index in [9.17, 15) is 4.79 Å². The van der Waals surface area contributed by atoms with Crippen LogP contribution in [0.2, 0.25) is 5.02 Å². The van der Waals surface area contributed by atoms with E-state index in [2.05, 4.69) is 17.2 Å². The summed E-state index contributed by atoms with van der Waals surface area (Å²) in [4.78, 5) is 22.9. The summed E-state index contributed by atoms with van der Waals surface area (Å²) in [5.74, 6) is 0.561. The largest absolute Gasteiger partial charge is 0.494 e. The molecular weight excluding hydrogens is 592 g/mol. The summed E-state index contributed by atoms with van der Waals surface area (Å²) in [6, 6.07) is 17.9. The average Bonchev–Trinajstić information content (AvgIpc) is 3.58. The third-order valence-electron chi connectivity index (χ3n) is 7.52. The van der Waals surface area contributed by atoms with Gasteiger partial charge in [-0.2, -0.15) is 5.10 Å². The maximum Gasteiger partial charge on any atom is 0.163 e. The molecule has 3 heterocycles. The van der Waals surface area contributed by atoms with Gasteiger partial charge in [-0.3, -0.25) is 14.5 Å². The highest BCUT2D eigenvalue weighted by molar-refractivity contribution is 7.22. The smallest absolute Gasteiger partial charge is 0.163 e. The van der Waals surface area contributed by atoms with Crippen LogP contribution in [0.4, 0.5) is 0 Å². The molecule has 0 fully saturated rings. The lowest BCUT2D eigenvalue weighted by Crippen LogP contribution is -2.27. The Bertz CT molecular complexity index is 2040. The molecule has 224 valence electrons. The molecule has 7 nitrogen and oxygen atoms in total. The number of fused-ring (bicyclic) bond motifs is 2. The highest BCUT2D eigenvalue weighted by atomic mass is 35.5. The minimum atomic E-state index is -0.750. The van der Waals surface area contributed by atoms with Crippen LogP contribution in [0.1, 0.15) is 44.9 Å². The number of nitrogens with zero attached hydrogens (tertiary/aromatic N) is 4. The van der Waals surface area contributed by atoms with Gasteiger partial charge in [0.05, 0.1) is 52.1 Å². The highest BCUT2D eigenvalue weighted by Gasteiger charge is 2.30. The van der Waals surface area contributed by atoms with E-state index in [0.717, 1.165) is 65.2 Å². The third kappa shape index (κ3) is 5.61. The van der Waals surface area contributed by atoms with Gasteiger partial charge in [-0.1, -0.05) is 29.8 Å². The molecule has 3 aromatic heterocycles. The van der Waals surface area contributed by atoms with Gasteiger partial charge >= 0.3 is 0 Å². The monoisotopic (exact) mass is 624 g/mol. The second kappa shape index (κ2) is 11.4. The second-order valence-electron chi connectivity index (χ2n) is 11.9. The predicted octanol–water partition coefficient (Wildman–Crippen LogP) is 8.99. The maximum atomic E-state index is 13.1. The van der Waals surface area contributed by atoms with Gasteiger partial charge in [-0.25, -0.2) is 4.98 Å². The van der Waals surface area contributed by atoms with Gasteiger partial charge in [0.2, 0.25) is 0 Å². The van der Waals surface area contributed by atoms with E-state index in [1.54, 1.807) is 31.6 Å². The zero-order valence-electron chi connectivity index (χ0n) is 25.7. The van der Waals surface area contributed by atoms with Crippen LogP contribution in [0.25, 0.3) is 54.1 Å². The summed E-state index contributed by atoms with van der Waals surface area (Å²) in [7, 11) is 3.57. The molecular formula is C35H33ClN4O3S. The van der Waals surface area contributed by atoms with E-state index < -0.39 is 11.7 Å². The number of aryl methyl sites for hydroxylation is 2. The summed E-state index contributed by atoms with van der Waals surface area (Å²) < 4.78 is 15.0.